The predicted octanol–water partition coefficient (Wildman–Crippen LogP) is 2.35. The lowest BCUT2D eigenvalue weighted by molar-refractivity contribution is -0.131. The fourth-order valence-electron chi connectivity index (χ4n) is 3.99. The maximum Gasteiger partial charge on any atom is 0.238 e. The molecule has 3 rings (SSSR count). The van der Waals surface area contributed by atoms with Crippen molar-refractivity contribution in [3.05, 3.63) is 29.8 Å². The van der Waals surface area contributed by atoms with E-state index in [9.17, 15) is 10.1 Å². The summed E-state index contributed by atoms with van der Waals surface area (Å²) < 4.78 is 6.00. The molecule has 1 saturated carbocycles. The van der Waals surface area contributed by atoms with Crippen molar-refractivity contribution in [2.75, 3.05) is 6.54 Å². The topological polar surface area (TPSA) is 89.2 Å². The highest BCUT2D eigenvalue weighted by molar-refractivity contribution is 5.80. The number of hydrogen-bond acceptors (Lipinski definition) is 5. The summed E-state index contributed by atoms with van der Waals surface area (Å²) in [6.45, 7) is 0.205. The Bertz CT molecular complexity index is 802. The Hall–Kier alpha value is -3.01. The molecule has 6 nitrogen and oxygen atoms in total. The molecule has 0 aromatic heterocycles. The number of nitrogens with zero attached hydrogens (tertiary/aromatic N) is 3. The Morgan fingerprint density at radius 1 is 1.18 bits per heavy atom. The van der Waals surface area contributed by atoms with Crippen molar-refractivity contribution in [1.29, 1.82) is 10.5 Å². The second kappa shape index (κ2) is 9.27. The molecule has 28 heavy (non-hydrogen) atoms. The van der Waals surface area contributed by atoms with E-state index in [0.717, 1.165) is 31.4 Å². The number of carbonyl (C=O) groups is 1. The summed E-state index contributed by atoms with van der Waals surface area (Å²) in [7, 11) is 0. The summed E-state index contributed by atoms with van der Waals surface area (Å²) >= 11 is 0. The largest absolute Gasteiger partial charge is 0.490 e. The number of nitriles is 2. The summed E-state index contributed by atoms with van der Waals surface area (Å²) in [5, 5.41) is 21.5. The number of hydrogen-bond donors (Lipinski definition) is 1. The first-order valence-corrected chi connectivity index (χ1v) is 9.71. The van der Waals surface area contributed by atoms with Gasteiger partial charge in [-0.1, -0.05) is 12.0 Å². The van der Waals surface area contributed by atoms with Gasteiger partial charge in [-0.3, -0.25) is 4.79 Å². The second-order valence-corrected chi connectivity index (χ2v) is 7.32. The van der Waals surface area contributed by atoms with Gasteiger partial charge >= 0.3 is 0 Å². The molecule has 1 saturated heterocycles. The first-order chi connectivity index (χ1) is 13.6. The Morgan fingerprint density at radius 3 is 2.61 bits per heavy atom. The minimum atomic E-state index is -0.413. The summed E-state index contributed by atoms with van der Waals surface area (Å²) in [5.41, 5.74) is 0.592. The Morgan fingerprint density at radius 2 is 1.93 bits per heavy atom. The number of rotatable bonds is 5. The summed E-state index contributed by atoms with van der Waals surface area (Å²) in [6, 6.07) is 11.1. The van der Waals surface area contributed by atoms with E-state index in [1.807, 2.05) is 12.1 Å². The molecule has 1 amide bonds. The van der Waals surface area contributed by atoms with Gasteiger partial charge in [-0.25, -0.2) is 0 Å². The maximum atomic E-state index is 12.6. The molecule has 2 aliphatic rings. The third kappa shape index (κ3) is 4.63. The van der Waals surface area contributed by atoms with Crippen molar-refractivity contribution in [3.8, 4) is 30.2 Å². The Kier molecular flexibility index (Phi) is 6.53. The molecule has 1 aliphatic heterocycles. The van der Waals surface area contributed by atoms with Crippen LogP contribution in [-0.4, -0.2) is 41.6 Å². The standard InChI is InChI=1S/C22H24N4O2/c1-2-18-8-9-19(14-24)26(18)22(27)15-25-17-6-10-20(11-7-17)28-21-5-3-4-16(12-21)13-23/h1,3-5,12,17-20,25H,6-11,15H2/t17?,18?,19-,20?/m0/s1. The second-order valence-electron chi connectivity index (χ2n) is 7.32. The molecule has 2 fully saturated rings. The van der Waals surface area contributed by atoms with Gasteiger partial charge in [0.05, 0.1) is 36.4 Å². The number of terminal acetylenes is 1. The number of nitrogens with one attached hydrogen (secondary N) is 1. The van der Waals surface area contributed by atoms with Crippen LogP contribution >= 0.6 is 0 Å². The number of ether oxygens (including phenoxy) is 1. The molecule has 0 radical (unpaired) electrons. The van der Waals surface area contributed by atoms with Crippen LogP contribution in [-0.2, 0) is 4.79 Å². The van der Waals surface area contributed by atoms with Gasteiger partial charge in [0.25, 0.3) is 0 Å². The zero-order valence-corrected chi connectivity index (χ0v) is 15.8. The quantitative estimate of drug-likeness (QED) is 0.797. The molecule has 1 aromatic rings. The number of likely N-dealkylation sites (tertiary alicyclic amines) is 1. The molecule has 2 atom stereocenters. The van der Waals surface area contributed by atoms with Gasteiger partial charge < -0.3 is 15.0 Å². The van der Waals surface area contributed by atoms with Gasteiger partial charge in [0.2, 0.25) is 5.91 Å². The van der Waals surface area contributed by atoms with Gasteiger partial charge in [-0.05, 0) is 56.7 Å². The lowest BCUT2D eigenvalue weighted by Crippen LogP contribution is -2.47. The highest BCUT2D eigenvalue weighted by atomic mass is 16.5. The van der Waals surface area contributed by atoms with E-state index in [-0.39, 0.29) is 30.6 Å². The molecular formula is C22H24N4O2. The Labute approximate surface area is 166 Å². The van der Waals surface area contributed by atoms with Crippen LogP contribution in [0.4, 0.5) is 0 Å². The van der Waals surface area contributed by atoms with E-state index in [2.05, 4.69) is 23.4 Å². The van der Waals surface area contributed by atoms with Crippen LogP contribution in [0, 0.1) is 35.0 Å². The first-order valence-electron chi connectivity index (χ1n) is 9.71. The predicted molar refractivity (Wildman–Crippen MR) is 104 cm³/mol. The molecule has 1 N–H and O–H groups in total. The fourth-order valence-corrected chi connectivity index (χ4v) is 3.99. The molecule has 1 aliphatic carbocycles. The number of amides is 1. The third-order valence-electron chi connectivity index (χ3n) is 5.50. The Balaban J connectivity index is 1.44. The van der Waals surface area contributed by atoms with E-state index < -0.39 is 6.04 Å². The molecule has 1 unspecified atom stereocenters. The van der Waals surface area contributed by atoms with Gasteiger partial charge in [-0.2, -0.15) is 10.5 Å². The minimum absolute atomic E-state index is 0.0984. The minimum Gasteiger partial charge on any atom is -0.490 e. The van der Waals surface area contributed by atoms with Crippen LogP contribution in [0.25, 0.3) is 0 Å². The van der Waals surface area contributed by atoms with Gasteiger partial charge in [0.1, 0.15) is 11.8 Å². The summed E-state index contributed by atoms with van der Waals surface area (Å²) in [4.78, 5) is 14.1. The third-order valence-corrected chi connectivity index (χ3v) is 5.50. The molecular weight excluding hydrogens is 352 g/mol. The summed E-state index contributed by atoms with van der Waals surface area (Å²) in [6.07, 6.45) is 10.6. The van der Waals surface area contributed by atoms with E-state index in [1.165, 1.54) is 0 Å². The normalized spacial score (nSPS) is 26.7. The van der Waals surface area contributed by atoms with Gasteiger partial charge in [-0.15, -0.1) is 6.42 Å². The number of carbonyl (C=O) groups excluding carboxylic acids is 1. The molecule has 144 valence electrons. The zero-order valence-electron chi connectivity index (χ0n) is 15.8. The highest BCUT2D eigenvalue weighted by Gasteiger charge is 2.36. The molecule has 1 aromatic carbocycles. The van der Waals surface area contributed by atoms with E-state index in [0.29, 0.717) is 18.4 Å². The van der Waals surface area contributed by atoms with Crippen LogP contribution in [0.3, 0.4) is 0 Å². The van der Waals surface area contributed by atoms with E-state index >= 15 is 0 Å². The monoisotopic (exact) mass is 376 g/mol. The lowest BCUT2D eigenvalue weighted by Gasteiger charge is -2.30. The fraction of sp³-hybridized carbons (Fsp3) is 0.500. The van der Waals surface area contributed by atoms with Gasteiger partial charge in [0, 0.05) is 6.04 Å². The summed E-state index contributed by atoms with van der Waals surface area (Å²) in [5.74, 6) is 3.25. The van der Waals surface area contributed by atoms with Crippen LogP contribution in [0.15, 0.2) is 24.3 Å². The molecule has 1 heterocycles. The smallest absolute Gasteiger partial charge is 0.238 e. The van der Waals surface area contributed by atoms with Crippen LogP contribution in [0.1, 0.15) is 44.1 Å². The van der Waals surface area contributed by atoms with Crippen molar-refractivity contribution in [1.82, 2.24) is 10.2 Å². The average molecular weight is 376 g/mol. The van der Waals surface area contributed by atoms with Crippen molar-refractivity contribution >= 4 is 5.91 Å². The molecule has 0 spiro atoms. The molecule has 6 heteroatoms. The number of benzene rings is 1. The lowest BCUT2D eigenvalue weighted by atomic mass is 9.93. The molecule has 0 bridgehead atoms. The highest BCUT2D eigenvalue weighted by Crippen LogP contribution is 2.25. The van der Waals surface area contributed by atoms with E-state index in [1.54, 1.807) is 17.0 Å². The zero-order chi connectivity index (χ0) is 19.9. The van der Waals surface area contributed by atoms with Crippen LogP contribution in [0.5, 0.6) is 5.75 Å². The van der Waals surface area contributed by atoms with Gasteiger partial charge in [0.15, 0.2) is 0 Å². The van der Waals surface area contributed by atoms with Crippen LogP contribution in [0.2, 0.25) is 0 Å². The van der Waals surface area contributed by atoms with Crippen molar-refractivity contribution < 1.29 is 9.53 Å². The van der Waals surface area contributed by atoms with Crippen molar-refractivity contribution in [2.45, 2.75) is 62.8 Å². The maximum absolute atomic E-state index is 12.6. The van der Waals surface area contributed by atoms with Crippen LogP contribution < -0.4 is 10.1 Å². The SMILES string of the molecule is C#CC1CC[C@@H](C#N)N1C(=O)CNC1CCC(Oc2cccc(C#N)c2)CC1. The van der Waals surface area contributed by atoms with Crippen molar-refractivity contribution in [2.24, 2.45) is 0 Å². The van der Waals surface area contributed by atoms with E-state index in [4.69, 9.17) is 16.4 Å². The van der Waals surface area contributed by atoms with Crippen molar-refractivity contribution in [3.63, 3.8) is 0 Å². The average Bonchev–Trinajstić information content (AvgIpc) is 3.16. The first kappa shape index (κ1) is 19.7.